The minimum absolute atomic E-state index is 0.130. The average molecular weight is 487 g/mol. The number of aromatic nitrogens is 2. The van der Waals surface area contributed by atoms with Crippen molar-refractivity contribution < 1.29 is 13.2 Å². The van der Waals surface area contributed by atoms with Crippen LogP contribution in [0, 0.1) is 5.92 Å². The van der Waals surface area contributed by atoms with Crippen LogP contribution in [-0.4, -0.2) is 54.1 Å². The lowest BCUT2D eigenvalue weighted by atomic mass is 9.98. The molecule has 2 heterocycles. The number of amides is 1. The van der Waals surface area contributed by atoms with Crippen LogP contribution in [0.1, 0.15) is 32.6 Å². The number of nitrogens with zero attached hydrogens (tertiary/aromatic N) is 2. The molecule has 1 amide bonds. The standard InChI is InChI=1S/C24H30N4O3S2/c1-18-10-14-28(15-11-18)23(29)22(7-4-16-32-24-25-12-13-26-24)27-33(30,31)21-9-8-19-5-2-3-6-20(19)17-21/h2-3,5-6,8-9,12-13,17-18,22,27H,4,7,10-11,14-16H2,1H3,(H,25,26)/t22-/m0/s1. The third-order valence-corrected chi connectivity index (χ3v) is 8.53. The van der Waals surface area contributed by atoms with Crippen LogP contribution in [0.15, 0.2) is 64.9 Å². The van der Waals surface area contributed by atoms with E-state index in [2.05, 4.69) is 21.6 Å². The SMILES string of the molecule is CC1CCN(C(=O)[C@H](CCCSc2ncc[nH]2)NS(=O)(=O)c2ccc3ccccc3c2)CC1. The van der Waals surface area contributed by atoms with E-state index in [9.17, 15) is 13.2 Å². The summed E-state index contributed by atoms with van der Waals surface area (Å²) in [5.41, 5.74) is 0. The van der Waals surface area contributed by atoms with E-state index in [-0.39, 0.29) is 10.8 Å². The molecule has 0 bridgehead atoms. The molecule has 0 saturated carbocycles. The first kappa shape index (κ1) is 23.8. The first-order valence-corrected chi connectivity index (χ1v) is 13.8. The van der Waals surface area contributed by atoms with E-state index in [4.69, 9.17) is 0 Å². The molecule has 1 fully saturated rings. The first-order chi connectivity index (χ1) is 15.9. The van der Waals surface area contributed by atoms with Gasteiger partial charge in [0, 0.05) is 31.2 Å². The fraction of sp³-hybridized carbons (Fsp3) is 0.417. The van der Waals surface area contributed by atoms with Gasteiger partial charge in [0.25, 0.3) is 0 Å². The molecule has 2 N–H and O–H groups in total. The molecule has 33 heavy (non-hydrogen) atoms. The molecule has 7 nitrogen and oxygen atoms in total. The number of sulfonamides is 1. The second kappa shape index (κ2) is 10.7. The van der Waals surface area contributed by atoms with Crippen LogP contribution in [0.4, 0.5) is 0 Å². The number of H-pyrrole nitrogens is 1. The number of benzene rings is 2. The van der Waals surface area contributed by atoms with Crippen LogP contribution in [0.2, 0.25) is 0 Å². The van der Waals surface area contributed by atoms with Crippen LogP contribution >= 0.6 is 11.8 Å². The Morgan fingerprint density at radius 3 is 2.70 bits per heavy atom. The molecule has 176 valence electrons. The normalized spacial score (nSPS) is 16.2. The number of nitrogens with one attached hydrogen (secondary N) is 2. The molecule has 3 aromatic rings. The van der Waals surface area contributed by atoms with Crippen LogP contribution in [0.25, 0.3) is 10.8 Å². The maximum absolute atomic E-state index is 13.3. The van der Waals surface area contributed by atoms with Gasteiger partial charge >= 0.3 is 0 Å². The molecule has 0 aliphatic carbocycles. The van der Waals surface area contributed by atoms with Crippen LogP contribution in [0.3, 0.4) is 0 Å². The Kier molecular flexibility index (Phi) is 7.72. The third-order valence-electron chi connectivity index (χ3n) is 6.07. The second-order valence-corrected chi connectivity index (χ2v) is 11.4. The second-order valence-electron chi connectivity index (χ2n) is 8.58. The summed E-state index contributed by atoms with van der Waals surface area (Å²) in [6.45, 7) is 3.54. The Labute approximate surface area is 199 Å². The number of hydrogen-bond acceptors (Lipinski definition) is 5. The van der Waals surface area contributed by atoms with Crippen molar-refractivity contribution in [1.29, 1.82) is 0 Å². The summed E-state index contributed by atoms with van der Waals surface area (Å²) in [4.78, 5) is 22.5. The number of carbonyl (C=O) groups is 1. The molecule has 1 aromatic heterocycles. The minimum Gasteiger partial charge on any atom is -0.341 e. The van der Waals surface area contributed by atoms with Crippen molar-refractivity contribution in [3.8, 4) is 0 Å². The molecule has 0 spiro atoms. The number of hydrogen-bond donors (Lipinski definition) is 2. The summed E-state index contributed by atoms with van der Waals surface area (Å²) >= 11 is 1.56. The van der Waals surface area contributed by atoms with Crippen molar-refractivity contribution >= 4 is 38.5 Å². The van der Waals surface area contributed by atoms with Gasteiger partial charge in [-0.15, -0.1) is 0 Å². The largest absolute Gasteiger partial charge is 0.341 e. The predicted molar refractivity (Wildman–Crippen MR) is 132 cm³/mol. The third kappa shape index (κ3) is 6.16. The fourth-order valence-electron chi connectivity index (χ4n) is 4.06. The van der Waals surface area contributed by atoms with Crippen LogP contribution < -0.4 is 4.72 Å². The number of carbonyl (C=O) groups excluding carboxylic acids is 1. The van der Waals surface area contributed by atoms with E-state index in [1.165, 1.54) is 0 Å². The van der Waals surface area contributed by atoms with Gasteiger partial charge in [0.05, 0.1) is 4.90 Å². The Morgan fingerprint density at radius 2 is 1.97 bits per heavy atom. The molecule has 1 aliphatic heterocycles. The van der Waals surface area contributed by atoms with Gasteiger partial charge in [0.15, 0.2) is 5.16 Å². The Hall–Kier alpha value is -2.36. The maximum Gasteiger partial charge on any atom is 0.241 e. The molecular formula is C24H30N4O3S2. The van der Waals surface area contributed by atoms with Crippen molar-refractivity contribution in [2.75, 3.05) is 18.8 Å². The van der Waals surface area contributed by atoms with E-state index in [1.807, 2.05) is 29.2 Å². The molecular weight excluding hydrogens is 456 g/mol. The smallest absolute Gasteiger partial charge is 0.241 e. The molecule has 2 aromatic carbocycles. The molecule has 9 heteroatoms. The number of aromatic amines is 1. The molecule has 1 saturated heterocycles. The van der Waals surface area contributed by atoms with Crippen molar-refractivity contribution in [2.24, 2.45) is 5.92 Å². The average Bonchev–Trinajstić information content (AvgIpc) is 3.34. The summed E-state index contributed by atoms with van der Waals surface area (Å²) in [5, 5.41) is 2.64. The zero-order valence-corrected chi connectivity index (χ0v) is 20.4. The van der Waals surface area contributed by atoms with E-state index in [0.717, 1.165) is 34.5 Å². The summed E-state index contributed by atoms with van der Waals surface area (Å²) in [5.74, 6) is 1.20. The zero-order valence-electron chi connectivity index (χ0n) is 18.7. The van der Waals surface area contributed by atoms with Crippen LogP contribution in [0.5, 0.6) is 0 Å². The van der Waals surface area contributed by atoms with E-state index in [1.54, 1.807) is 42.4 Å². The number of likely N-dealkylation sites (tertiary alicyclic amines) is 1. The predicted octanol–water partition coefficient (Wildman–Crippen LogP) is 4.04. The van der Waals surface area contributed by atoms with Crippen molar-refractivity contribution in [3.05, 3.63) is 54.9 Å². The highest BCUT2D eigenvalue weighted by atomic mass is 32.2. The molecule has 1 aliphatic rings. The van der Waals surface area contributed by atoms with Crippen LogP contribution in [-0.2, 0) is 14.8 Å². The zero-order chi connectivity index (χ0) is 23.3. The minimum atomic E-state index is -3.85. The van der Waals surface area contributed by atoms with Gasteiger partial charge < -0.3 is 9.88 Å². The Bertz CT molecular complexity index is 1170. The van der Waals surface area contributed by atoms with E-state index >= 15 is 0 Å². The quantitative estimate of drug-likeness (QED) is 0.352. The maximum atomic E-state index is 13.3. The van der Waals surface area contributed by atoms with Crippen molar-refractivity contribution in [1.82, 2.24) is 19.6 Å². The highest BCUT2D eigenvalue weighted by molar-refractivity contribution is 7.99. The molecule has 0 unspecified atom stereocenters. The van der Waals surface area contributed by atoms with Gasteiger partial charge in [0.2, 0.25) is 15.9 Å². The van der Waals surface area contributed by atoms with Crippen molar-refractivity contribution in [3.63, 3.8) is 0 Å². The Morgan fingerprint density at radius 1 is 1.21 bits per heavy atom. The van der Waals surface area contributed by atoms with Gasteiger partial charge in [-0.05, 0) is 54.5 Å². The lowest BCUT2D eigenvalue weighted by Gasteiger charge is -2.33. The number of piperidine rings is 1. The van der Waals surface area contributed by atoms with Gasteiger partial charge in [-0.25, -0.2) is 13.4 Å². The highest BCUT2D eigenvalue weighted by Gasteiger charge is 2.30. The summed E-state index contributed by atoms with van der Waals surface area (Å²) < 4.78 is 29.2. The fourth-order valence-corrected chi connectivity index (χ4v) is 6.11. The first-order valence-electron chi connectivity index (χ1n) is 11.3. The van der Waals surface area contributed by atoms with Gasteiger partial charge in [-0.2, -0.15) is 4.72 Å². The van der Waals surface area contributed by atoms with Gasteiger partial charge in [-0.3, -0.25) is 4.79 Å². The summed E-state index contributed by atoms with van der Waals surface area (Å²) in [7, 11) is -3.85. The summed E-state index contributed by atoms with van der Waals surface area (Å²) in [6.07, 6.45) is 6.49. The lowest BCUT2D eigenvalue weighted by Crippen LogP contribution is -2.50. The number of thioether (sulfide) groups is 1. The van der Waals surface area contributed by atoms with E-state index in [0.29, 0.717) is 31.8 Å². The number of rotatable bonds is 9. The lowest BCUT2D eigenvalue weighted by molar-refractivity contribution is -0.134. The van der Waals surface area contributed by atoms with Crippen molar-refractivity contribution in [2.45, 2.75) is 48.7 Å². The molecule has 1 atom stereocenters. The topological polar surface area (TPSA) is 95.2 Å². The Balaban J connectivity index is 1.48. The van der Waals surface area contributed by atoms with E-state index < -0.39 is 16.1 Å². The highest BCUT2D eigenvalue weighted by Crippen LogP contribution is 2.22. The molecule has 0 radical (unpaired) electrons. The van der Waals surface area contributed by atoms with Gasteiger partial charge in [0.1, 0.15) is 6.04 Å². The number of fused-ring (bicyclic) bond motifs is 1. The monoisotopic (exact) mass is 486 g/mol. The number of imidazole rings is 1. The van der Waals surface area contributed by atoms with Gasteiger partial charge in [-0.1, -0.05) is 49.0 Å². The molecule has 4 rings (SSSR count). The summed E-state index contributed by atoms with van der Waals surface area (Å²) in [6, 6.07) is 11.9.